The van der Waals surface area contributed by atoms with E-state index in [-0.39, 0.29) is 12.4 Å². The van der Waals surface area contributed by atoms with Gasteiger partial charge in [0.05, 0.1) is 7.11 Å². The molecule has 0 atom stereocenters. The average Bonchev–Trinajstić information content (AvgIpc) is 2.58. The van der Waals surface area contributed by atoms with E-state index in [0.717, 1.165) is 10.0 Å². The molecule has 0 bridgehead atoms. The maximum Gasteiger partial charge on any atom is 0.331 e. The summed E-state index contributed by atoms with van der Waals surface area (Å²) in [5, 5.41) is 0. The fourth-order valence-corrected chi connectivity index (χ4v) is 2.08. The molecular weight excluding hydrogens is 360 g/mol. The third-order valence-electron chi connectivity index (χ3n) is 3.02. The number of esters is 1. The van der Waals surface area contributed by atoms with Crippen molar-refractivity contribution < 1.29 is 19.1 Å². The largest absolute Gasteiger partial charge is 0.497 e. The van der Waals surface area contributed by atoms with Crippen LogP contribution in [0.25, 0.3) is 6.08 Å². The molecule has 118 valence electrons. The van der Waals surface area contributed by atoms with E-state index in [4.69, 9.17) is 9.47 Å². The molecule has 0 spiro atoms. The Morgan fingerprint density at radius 1 is 1.13 bits per heavy atom. The first-order valence-electron chi connectivity index (χ1n) is 6.86. The molecule has 0 saturated carbocycles. The van der Waals surface area contributed by atoms with Crippen LogP contribution in [0.1, 0.15) is 15.9 Å². The summed E-state index contributed by atoms with van der Waals surface area (Å²) in [6.45, 7) is -0.289. The molecule has 0 aliphatic rings. The van der Waals surface area contributed by atoms with Gasteiger partial charge in [-0.3, -0.25) is 4.79 Å². The fraction of sp³-hybridized carbons (Fsp3) is 0.111. The van der Waals surface area contributed by atoms with Crippen molar-refractivity contribution in [3.8, 4) is 5.75 Å². The molecule has 0 amide bonds. The lowest BCUT2D eigenvalue weighted by molar-refractivity contribution is -0.136. The number of benzene rings is 2. The van der Waals surface area contributed by atoms with Crippen molar-refractivity contribution in [1.82, 2.24) is 0 Å². The van der Waals surface area contributed by atoms with E-state index in [1.165, 1.54) is 6.08 Å². The monoisotopic (exact) mass is 374 g/mol. The molecule has 2 rings (SSSR count). The van der Waals surface area contributed by atoms with Crippen LogP contribution in [0.3, 0.4) is 0 Å². The third-order valence-corrected chi connectivity index (χ3v) is 3.55. The van der Waals surface area contributed by atoms with Gasteiger partial charge < -0.3 is 9.47 Å². The SMILES string of the molecule is COc1cccc(C=CC(=O)OCC(=O)c2ccc(Br)cc2)c1. The van der Waals surface area contributed by atoms with E-state index in [0.29, 0.717) is 11.3 Å². The molecule has 0 heterocycles. The molecule has 0 N–H and O–H groups in total. The third kappa shape index (κ3) is 5.38. The number of carbonyl (C=O) groups is 2. The standard InChI is InChI=1S/C18H15BrO4/c1-22-16-4-2-3-13(11-16)5-10-18(21)23-12-17(20)14-6-8-15(19)9-7-14/h2-11H,12H2,1H3. The van der Waals surface area contributed by atoms with Gasteiger partial charge in [-0.15, -0.1) is 0 Å². The Morgan fingerprint density at radius 2 is 1.87 bits per heavy atom. The van der Waals surface area contributed by atoms with E-state index in [1.807, 2.05) is 18.2 Å². The van der Waals surface area contributed by atoms with Crippen molar-refractivity contribution in [3.63, 3.8) is 0 Å². The lowest BCUT2D eigenvalue weighted by Gasteiger charge is -2.02. The minimum atomic E-state index is -0.571. The maximum atomic E-state index is 11.9. The van der Waals surface area contributed by atoms with Crippen LogP contribution in [0.15, 0.2) is 59.1 Å². The zero-order valence-electron chi connectivity index (χ0n) is 12.5. The Hall–Kier alpha value is -2.40. The number of hydrogen-bond donors (Lipinski definition) is 0. The minimum Gasteiger partial charge on any atom is -0.497 e. The molecule has 0 radical (unpaired) electrons. The Bertz CT molecular complexity index is 720. The van der Waals surface area contributed by atoms with Crippen LogP contribution in [0.5, 0.6) is 5.75 Å². The van der Waals surface area contributed by atoms with Crippen LogP contribution >= 0.6 is 15.9 Å². The number of ether oxygens (including phenoxy) is 2. The van der Waals surface area contributed by atoms with Gasteiger partial charge in [0.2, 0.25) is 0 Å². The molecule has 5 heteroatoms. The Kier molecular flexibility index (Phi) is 6.11. The number of halogens is 1. The van der Waals surface area contributed by atoms with Crippen molar-refractivity contribution in [2.24, 2.45) is 0 Å². The van der Waals surface area contributed by atoms with E-state index in [2.05, 4.69) is 15.9 Å². The molecule has 23 heavy (non-hydrogen) atoms. The van der Waals surface area contributed by atoms with Crippen LogP contribution in [0.4, 0.5) is 0 Å². The van der Waals surface area contributed by atoms with Crippen LogP contribution < -0.4 is 4.74 Å². The lowest BCUT2D eigenvalue weighted by atomic mass is 10.1. The molecule has 2 aromatic carbocycles. The highest BCUT2D eigenvalue weighted by molar-refractivity contribution is 9.10. The fourth-order valence-electron chi connectivity index (χ4n) is 1.81. The van der Waals surface area contributed by atoms with Gasteiger partial charge in [0, 0.05) is 16.1 Å². The van der Waals surface area contributed by atoms with Crippen LogP contribution in [0, 0.1) is 0 Å². The zero-order valence-corrected chi connectivity index (χ0v) is 14.1. The first-order chi connectivity index (χ1) is 11.1. The topological polar surface area (TPSA) is 52.6 Å². The van der Waals surface area contributed by atoms with Gasteiger partial charge in [-0.05, 0) is 35.9 Å². The van der Waals surface area contributed by atoms with Gasteiger partial charge in [0.25, 0.3) is 0 Å². The second-order valence-electron chi connectivity index (χ2n) is 4.65. The smallest absolute Gasteiger partial charge is 0.331 e. The normalized spacial score (nSPS) is 10.5. The quantitative estimate of drug-likeness (QED) is 0.437. The highest BCUT2D eigenvalue weighted by Crippen LogP contribution is 2.14. The van der Waals surface area contributed by atoms with Gasteiger partial charge >= 0.3 is 5.97 Å². The highest BCUT2D eigenvalue weighted by atomic mass is 79.9. The van der Waals surface area contributed by atoms with E-state index >= 15 is 0 Å². The van der Waals surface area contributed by atoms with Crippen molar-refractivity contribution in [3.05, 3.63) is 70.2 Å². The number of hydrogen-bond acceptors (Lipinski definition) is 4. The molecule has 4 nitrogen and oxygen atoms in total. The number of ketones is 1. The van der Waals surface area contributed by atoms with Gasteiger partial charge in [-0.1, -0.05) is 40.2 Å². The Balaban J connectivity index is 1.88. The van der Waals surface area contributed by atoms with Gasteiger partial charge in [0.1, 0.15) is 5.75 Å². The maximum absolute atomic E-state index is 11.9. The Morgan fingerprint density at radius 3 is 2.57 bits per heavy atom. The zero-order chi connectivity index (χ0) is 16.7. The Labute approximate surface area is 142 Å². The molecular formula is C18H15BrO4. The van der Waals surface area contributed by atoms with Crippen LogP contribution in [-0.4, -0.2) is 25.5 Å². The van der Waals surface area contributed by atoms with E-state index in [1.54, 1.807) is 43.5 Å². The summed E-state index contributed by atoms with van der Waals surface area (Å²) in [6.07, 6.45) is 2.89. The van der Waals surface area contributed by atoms with Crippen molar-refractivity contribution in [2.45, 2.75) is 0 Å². The molecule has 0 unspecified atom stereocenters. The van der Waals surface area contributed by atoms with Crippen molar-refractivity contribution in [2.75, 3.05) is 13.7 Å². The predicted octanol–water partition coefficient (Wildman–Crippen LogP) is 3.90. The van der Waals surface area contributed by atoms with Gasteiger partial charge in [-0.2, -0.15) is 0 Å². The van der Waals surface area contributed by atoms with E-state index in [9.17, 15) is 9.59 Å². The second-order valence-corrected chi connectivity index (χ2v) is 5.56. The average molecular weight is 375 g/mol. The minimum absolute atomic E-state index is 0.249. The summed E-state index contributed by atoms with van der Waals surface area (Å²) in [5.41, 5.74) is 1.30. The predicted molar refractivity (Wildman–Crippen MR) is 91.5 cm³/mol. The van der Waals surface area contributed by atoms with Crippen LogP contribution in [-0.2, 0) is 9.53 Å². The number of carbonyl (C=O) groups excluding carboxylic acids is 2. The van der Waals surface area contributed by atoms with Gasteiger partial charge in [0.15, 0.2) is 12.4 Å². The first-order valence-corrected chi connectivity index (χ1v) is 7.65. The number of rotatable bonds is 6. The first kappa shape index (κ1) is 17.0. The molecule has 0 aliphatic heterocycles. The van der Waals surface area contributed by atoms with Crippen molar-refractivity contribution >= 4 is 33.8 Å². The van der Waals surface area contributed by atoms with Crippen molar-refractivity contribution in [1.29, 1.82) is 0 Å². The molecule has 0 aliphatic carbocycles. The van der Waals surface area contributed by atoms with Crippen LogP contribution in [0.2, 0.25) is 0 Å². The molecule has 0 saturated heterocycles. The molecule has 0 fully saturated rings. The summed E-state index contributed by atoms with van der Waals surface area (Å²) in [6, 6.07) is 14.1. The summed E-state index contributed by atoms with van der Waals surface area (Å²) in [4.78, 5) is 23.5. The van der Waals surface area contributed by atoms with E-state index < -0.39 is 5.97 Å². The summed E-state index contributed by atoms with van der Waals surface area (Å²) in [5.74, 6) is -0.121. The highest BCUT2D eigenvalue weighted by Gasteiger charge is 2.08. The number of Topliss-reactive ketones (excluding diaryl/α,β-unsaturated/α-hetero) is 1. The van der Waals surface area contributed by atoms with Gasteiger partial charge in [-0.25, -0.2) is 4.79 Å². The lowest BCUT2D eigenvalue weighted by Crippen LogP contribution is -2.12. The molecule has 0 aromatic heterocycles. The summed E-state index contributed by atoms with van der Waals surface area (Å²) < 4.78 is 10.9. The second kappa shape index (κ2) is 8.29. The number of methoxy groups -OCH3 is 1. The molecule has 2 aromatic rings. The summed E-state index contributed by atoms with van der Waals surface area (Å²) in [7, 11) is 1.57. The summed E-state index contributed by atoms with van der Waals surface area (Å²) >= 11 is 3.29.